The fourth-order valence-electron chi connectivity index (χ4n) is 3.25. The highest BCUT2D eigenvalue weighted by Gasteiger charge is 2.31. The molecule has 0 aliphatic heterocycles. The molecule has 11 heteroatoms. The minimum atomic E-state index is -0.718. The highest BCUT2D eigenvalue weighted by Crippen LogP contribution is 2.41. The smallest absolute Gasteiger partial charge is 0.435 e. The van der Waals surface area contributed by atoms with Crippen molar-refractivity contribution in [2.45, 2.75) is 13.8 Å². The van der Waals surface area contributed by atoms with E-state index in [1.54, 1.807) is 12.1 Å². The molecule has 0 saturated heterocycles. The Kier molecular flexibility index (Phi) is 4.71. The summed E-state index contributed by atoms with van der Waals surface area (Å²) in [5.74, 6) is -0.644. The SMILES string of the molecule is Cc1ccc(N=C([O-])c2sc3nc(N)c(C#N)c(-c4c(=O)o[nH][n+]4C)c3c2N)cc1C. The van der Waals surface area contributed by atoms with Crippen molar-refractivity contribution < 1.29 is 14.3 Å². The minimum absolute atomic E-state index is 0.0326. The summed E-state index contributed by atoms with van der Waals surface area (Å²) in [6.45, 7) is 3.89. The number of nitrogens with two attached hydrogens (primary N) is 2. The molecule has 0 aliphatic carbocycles. The number of pyridine rings is 1. The van der Waals surface area contributed by atoms with Gasteiger partial charge in [-0.3, -0.25) is 9.52 Å². The molecule has 156 valence electrons. The van der Waals surface area contributed by atoms with Crippen molar-refractivity contribution in [1.82, 2.24) is 10.3 Å². The molecule has 0 bridgehead atoms. The minimum Gasteiger partial charge on any atom is -0.858 e. The molecular formula is C20H17N7O3S. The van der Waals surface area contributed by atoms with Crippen molar-refractivity contribution in [2.24, 2.45) is 12.0 Å². The number of aryl methyl sites for hydroxylation is 3. The summed E-state index contributed by atoms with van der Waals surface area (Å²) in [6, 6.07) is 7.38. The Hall–Kier alpha value is -4.17. The molecule has 0 fully saturated rings. The Morgan fingerprint density at radius 2 is 2.10 bits per heavy atom. The van der Waals surface area contributed by atoms with Gasteiger partial charge in [-0.25, -0.2) is 9.78 Å². The fraction of sp³-hybridized carbons (Fsp3) is 0.150. The lowest BCUT2D eigenvalue weighted by Gasteiger charge is -2.10. The van der Waals surface area contributed by atoms with E-state index in [-0.39, 0.29) is 38.6 Å². The molecule has 3 aromatic heterocycles. The van der Waals surface area contributed by atoms with Crippen molar-refractivity contribution in [3.63, 3.8) is 0 Å². The lowest BCUT2D eigenvalue weighted by atomic mass is 10.0. The van der Waals surface area contributed by atoms with Crippen LogP contribution >= 0.6 is 11.3 Å². The molecule has 0 amide bonds. The quantitative estimate of drug-likeness (QED) is 0.246. The zero-order valence-electron chi connectivity index (χ0n) is 16.8. The van der Waals surface area contributed by atoms with Crippen LogP contribution in [-0.4, -0.2) is 16.2 Å². The van der Waals surface area contributed by atoms with Crippen LogP contribution in [0.3, 0.4) is 0 Å². The van der Waals surface area contributed by atoms with Gasteiger partial charge in [0.05, 0.1) is 27.2 Å². The third-order valence-electron chi connectivity index (χ3n) is 4.97. The number of nitrogens with one attached hydrogen (secondary N) is 1. The number of benzene rings is 1. The van der Waals surface area contributed by atoms with E-state index in [2.05, 4.69) is 15.2 Å². The Balaban J connectivity index is 2.01. The van der Waals surface area contributed by atoms with Gasteiger partial charge in [0.2, 0.25) is 0 Å². The summed E-state index contributed by atoms with van der Waals surface area (Å²) in [5, 5.41) is 25.2. The first-order chi connectivity index (χ1) is 14.7. The maximum atomic E-state index is 12.9. The number of rotatable bonds is 3. The number of nitriles is 1. The number of hydrogen-bond donors (Lipinski definition) is 3. The maximum Gasteiger partial charge on any atom is 0.435 e. The van der Waals surface area contributed by atoms with Crippen LogP contribution in [0.5, 0.6) is 0 Å². The number of aromatic amines is 1. The summed E-state index contributed by atoms with van der Waals surface area (Å²) in [4.78, 5) is 21.1. The predicted octanol–water partition coefficient (Wildman–Crippen LogP) is 1.16. The molecule has 5 N–H and O–H groups in total. The number of aromatic nitrogens is 3. The van der Waals surface area contributed by atoms with E-state index < -0.39 is 11.5 Å². The van der Waals surface area contributed by atoms with Gasteiger partial charge in [0.1, 0.15) is 22.3 Å². The van der Waals surface area contributed by atoms with Gasteiger partial charge in [-0.05, 0) is 42.4 Å². The van der Waals surface area contributed by atoms with Gasteiger partial charge in [-0.2, -0.15) is 5.26 Å². The number of thiophene rings is 1. The van der Waals surface area contributed by atoms with Crippen LogP contribution in [0, 0.1) is 25.2 Å². The second kappa shape index (κ2) is 7.26. The van der Waals surface area contributed by atoms with Gasteiger partial charge < -0.3 is 16.6 Å². The molecule has 0 spiro atoms. The summed E-state index contributed by atoms with van der Waals surface area (Å²) in [6.07, 6.45) is 0. The third kappa shape index (κ3) is 3.19. The summed E-state index contributed by atoms with van der Waals surface area (Å²) in [5.41, 5.74) is 14.4. The molecular weight excluding hydrogens is 418 g/mol. The number of fused-ring (bicyclic) bond motifs is 1. The van der Waals surface area contributed by atoms with Crippen LogP contribution in [0.1, 0.15) is 21.6 Å². The number of aliphatic imine (C=N–C) groups is 1. The van der Waals surface area contributed by atoms with Gasteiger partial charge in [-0.1, -0.05) is 10.7 Å². The average molecular weight is 435 g/mol. The highest BCUT2D eigenvalue weighted by atomic mass is 32.1. The molecule has 0 aliphatic rings. The zero-order chi connectivity index (χ0) is 22.4. The molecule has 10 nitrogen and oxygen atoms in total. The average Bonchev–Trinajstić information content (AvgIpc) is 3.22. The lowest BCUT2D eigenvalue weighted by Crippen LogP contribution is -2.34. The number of nitrogens with zero attached hydrogens (tertiary/aromatic N) is 4. The van der Waals surface area contributed by atoms with E-state index in [1.807, 2.05) is 26.0 Å². The van der Waals surface area contributed by atoms with Gasteiger partial charge in [0, 0.05) is 5.90 Å². The number of hydrogen-bond acceptors (Lipinski definition) is 9. The second-order valence-corrected chi connectivity index (χ2v) is 7.96. The first kappa shape index (κ1) is 20.1. The first-order valence-corrected chi connectivity index (χ1v) is 9.87. The van der Waals surface area contributed by atoms with Crippen LogP contribution in [0.4, 0.5) is 17.2 Å². The standard InChI is InChI=1S/C20H17N7O3S/c1-8-4-5-10(6-9(8)2)24-18(28)16-14(22)13-12(15-20(29)30-26-27(15)3)11(7-21)17(23)25-19(13)31-16/h4-6H,1-3H3,(H5-,22,23,24,25,26,28,29). The van der Waals surface area contributed by atoms with Crippen LogP contribution in [0.15, 0.2) is 32.5 Å². The molecule has 1 aromatic carbocycles. The van der Waals surface area contributed by atoms with E-state index in [0.717, 1.165) is 22.5 Å². The molecule has 0 unspecified atom stereocenters. The third-order valence-corrected chi connectivity index (χ3v) is 6.06. The largest absolute Gasteiger partial charge is 0.858 e. The molecule has 0 saturated carbocycles. The normalized spacial score (nSPS) is 11.7. The van der Waals surface area contributed by atoms with Crippen molar-refractivity contribution in [3.8, 4) is 17.3 Å². The van der Waals surface area contributed by atoms with Crippen LogP contribution in [-0.2, 0) is 7.05 Å². The number of nitrogen functional groups attached to an aromatic ring is 2. The van der Waals surface area contributed by atoms with E-state index in [0.29, 0.717) is 10.5 Å². The highest BCUT2D eigenvalue weighted by molar-refractivity contribution is 7.21. The molecule has 4 rings (SSSR count). The molecule has 0 atom stereocenters. The summed E-state index contributed by atoms with van der Waals surface area (Å²) < 4.78 is 6.12. The van der Waals surface area contributed by atoms with Gasteiger partial charge in [0.25, 0.3) is 0 Å². The summed E-state index contributed by atoms with van der Waals surface area (Å²) >= 11 is 0.994. The Bertz CT molecular complexity index is 1490. The monoisotopic (exact) mass is 435 g/mol. The molecule has 31 heavy (non-hydrogen) atoms. The van der Waals surface area contributed by atoms with E-state index >= 15 is 0 Å². The topological polar surface area (TPSA) is 174 Å². The predicted molar refractivity (Wildman–Crippen MR) is 115 cm³/mol. The van der Waals surface area contributed by atoms with Crippen LogP contribution in [0.2, 0.25) is 0 Å². The van der Waals surface area contributed by atoms with Crippen LogP contribution in [0.25, 0.3) is 21.5 Å². The van der Waals surface area contributed by atoms with Gasteiger partial charge in [0.15, 0.2) is 7.05 Å². The Morgan fingerprint density at radius 1 is 1.35 bits per heavy atom. The maximum absolute atomic E-state index is 12.9. The summed E-state index contributed by atoms with van der Waals surface area (Å²) in [7, 11) is 1.54. The second-order valence-electron chi connectivity index (χ2n) is 6.96. The van der Waals surface area contributed by atoms with Crippen molar-refractivity contribution in [2.75, 3.05) is 11.5 Å². The van der Waals surface area contributed by atoms with Crippen molar-refractivity contribution >= 4 is 44.6 Å². The van der Waals surface area contributed by atoms with Crippen LogP contribution < -0.4 is 26.9 Å². The molecule has 0 radical (unpaired) electrons. The Morgan fingerprint density at radius 3 is 2.71 bits per heavy atom. The fourth-order valence-corrected chi connectivity index (χ4v) is 4.25. The molecule has 4 aromatic rings. The van der Waals surface area contributed by atoms with E-state index in [9.17, 15) is 15.2 Å². The van der Waals surface area contributed by atoms with Gasteiger partial charge >= 0.3 is 11.3 Å². The Labute approximate surface area is 179 Å². The van der Waals surface area contributed by atoms with Gasteiger partial charge in [-0.15, -0.1) is 11.3 Å². The van der Waals surface area contributed by atoms with Crippen molar-refractivity contribution in [1.29, 1.82) is 5.26 Å². The van der Waals surface area contributed by atoms with E-state index in [1.165, 1.54) is 11.7 Å². The van der Waals surface area contributed by atoms with Crippen molar-refractivity contribution in [3.05, 3.63) is 50.2 Å². The number of H-pyrrole nitrogens is 1. The zero-order valence-corrected chi connectivity index (χ0v) is 17.6. The lowest BCUT2D eigenvalue weighted by molar-refractivity contribution is -0.730. The van der Waals surface area contributed by atoms with E-state index in [4.69, 9.17) is 16.0 Å². The first-order valence-electron chi connectivity index (χ1n) is 9.05. The number of anilines is 2. The molecule has 3 heterocycles.